The normalized spacial score (nSPS) is 13.9. The van der Waals surface area contributed by atoms with E-state index in [0.717, 1.165) is 38.0 Å². The zero-order valence-corrected chi connectivity index (χ0v) is 15.7. The number of hydrogen-bond donors (Lipinski definition) is 1. The van der Waals surface area contributed by atoms with Crippen LogP contribution in [-0.4, -0.2) is 36.4 Å². The van der Waals surface area contributed by atoms with Crippen LogP contribution < -0.4 is 10.1 Å². The Kier molecular flexibility index (Phi) is 6.47. The van der Waals surface area contributed by atoms with Crippen molar-refractivity contribution < 1.29 is 14.3 Å². The third-order valence-electron chi connectivity index (χ3n) is 4.77. The molecule has 2 aromatic rings. The molecule has 1 N–H and O–H groups in total. The lowest BCUT2D eigenvalue weighted by Gasteiger charge is -2.27. The van der Waals surface area contributed by atoms with E-state index in [1.54, 1.807) is 12.1 Å². The number of likely N-dealkylation sites (tertiary alicyclic amines) is 1. The smallest absolute Gasteiger partial charge is 0.262 e. The highest BCUT2D eigenvalue weighted by Crippen LogP contribution is 2.22. The number of carbonyl (C=O) groups excluding carboxylic acids is 2. The first kappa shape index (κ1) is 19.0. The molecule has 0 aliphatic carbocycles. The third kappa shape index (κ3) is 5.09. The summed E-state index contributed by atoms with van der Waals surface area (Å²) >= 11 is 0. The minimum absolute atomic E-state index is 0.0270. The largest absolute Gasteiger partial charge is 0.483 e. The van der Waals surface area contributed by atoms with Crippen molar-refractivity contribution in [3.63, 3.8) is 0 Å². The third-order valence-corrected chi connectivity index (χ3v) is 4.77. The number of nitrogens with one attached hydrogen (secondary N) is 1. The van der Waals surface area contributed by atoms with Crippen LogP contribution in [0, 0.1) is 0 Å². The number of aryl methyl sites for hydroxylation is 1. The van der Waals surface area contributed by atoms with E-state index in [-0.39, 0.29) is 18.4 Å². The number of hydrogen-bond acceptors (Lipinski definition) is 3. The van der Waals surface area contributed by atoms with Crippen molar-refractivity contribution in [2.75, 3.05) is 25.0 Å². The number of piperidine rings is 1. The summed E-state index contributed by atoms with van der Waals surface area (Å²) < 4.78 is 5.67. The van der Waals surface area contributed by atoms with Gasteiger partial charge >= 0.3 is 0 Å². The molecule has 0 aromatic heterocycles. The Hall–Kier alpha value is -2.82. The van der Waals surface area contributed by atoms with Crippen LogP contribution in [0.2, 0.25) is 0 Å². The molecule has 3 rings (SSSR count). The first-order chi connectivity index (χ1) is 13.2. The predicted octanol–water partition coefficient (Wildman–Crippen LogP) is 3.89. The Bertz CT molecular complexity index is 780. The topological polar surface area (TPSA) is 58.6 Å². The van der Waals surface area contributed by atoms with Crippen LogP contribution in [0.25, 0.3) is 0 Å². The number of carbonyl (C=O) groups is 2. The summed E-state index contributed by atoms with van der Waals surface area (Å²) in [6, 6.07) is 14.9. The zero-order chi connectivity index (χ0) is 19.1. The molecule has 1 aliphatic rings. The second-order valence-corrected chi connectivity index (χ2v) is 6.74. The summed E-state index contributed by atoms with van der Waals surface area (Å²) in [6.07, 6.45) is 4.20. The van der Waals surface area contributed by atoms with Gasteiger partial charge in [0.1, 0.15) is 5.75 Å². The highest BCUT2D eigenvalue weighted by atomic mass is 16.5. The van der Waals surface area contributed by atoms with E-state index in [0.29, 0.717) is 11.3 Å². The molecule has 1 heterocycles. The lowest BCUT2D eigenvalue weighted by molar-refractivity contribution is -0.118. The molecule has 0 spiro atoms. The van der Waals surface area contributed by atoms with Crippen LogP contribution in [0.1, 0.15) is 42.1 Å². The van der Waals surface area contributed by atoms with Crippen LogP contribution in [-0.2, 0) is 11.2 Å². The van der Waals surface area contributed by atoms with Crippen LogP contribution in [0.15, 0.2) is 48.5 Å². The van der Waals surface area contributed by atoms with E-state index in [4.69, 9.17) is 4.74 Å². The zero-order valence-electron chi connectivity index (χ0n) is 15.7. The fourth-order valence-corrected chi connectivity index (χ4v) is 3.20. The van der Waals surface area contributed by atoms with Gasteiger partial charge in [-0.3, -0.25) is 9.59 Å². The second-order valence-electron chi connectivity index (χ2n) is 6.74. The quantitative estimate of drug-likeness (QED) is 0.844. The number of para-hydroxylation sites is 1. The number of benzene rings is 2. The number of amides is 2. The molecular weight excluding hydrogens is 340 g/mol. The molecule has 1 aliphatic heterocycles. The second kappa shape index (κ2) is 9.21. The Balaban J connectivity index is 1.60. The molecule has 142 valence electrons. The number of anilines is 1. The van der Waals surface area contributed by atoms with Crippen LogP contribution in [0.4, 0.5) is 5.69 Å². The molecule has 2 aromatic carbocycles. The average molecular weight is 366 g/mol. The van der Waals surface area contributed by atoms with Crippen molar-refractivity contribution in [3.8, 4) is 5.75 Å². The van der Waals surface area contributed by atoms with E-state index in [1.165, 1.54) is 12.0 Å². The van der Waals surface area contributed by atoms with Crippen LogP contribution >= 0.6 is 0 Å². The minimum Gasteiger partial charge on any atom is -0.483 e. The Morgan fingerprint density at radius 3 is 2.41 bits per heavy atom. The molecule has 1 fully saturated rings. The predicted molar refractivity (Wildman–Crippen MR) is 106 cm³/mol. The van der Waals surface area contributed by atoms with Gasteiger partial charge in [0, 0.05) is 18.8 Å². The fraction of sp³-hybridized carbons (Fsp3) is 0.364. The molecule has 2 amide bonds. The molecule has 0 atom stereocenters. The van der Waals surface area contributed by atoms with E-state index in [2.05, 4.69) is 12.2 Å². The lowest BCUT2D eigenvalue weighted by atomic mass is 10.1. The molecule has 0 unspecified atom stereocenters. The highest BCUT2D eigenvalue weighted by molar-refractivity contribution is 5.97. The molecule has 1 saturated heterocycles. The molecule has 5 nitrogen and oxygen atoms in total. The summed E-state index contributed by atoms with van der Waals surface area (Å²) in [6.45, 7) is 3.51. The van der Waals surface area contributed by atoms with Crippen LogP contribution in [0.5, 0.6) is 5.75 Å². The van der Waals surface area contributed by atoms with Gasteiger partial charge in [-0.2, -0.15) is 0 Å². The van der Waals surface area contributed by atoms with E-state index < -0.39 is 0 Å². The van der Waals surface area contributed by atoms with Gasteiger partial charge < -0.3 is 15.0 Å². The van der Waals surface area contributed by atoms with Crippen molar-refractivity contribution in [1.29, 1.82) is 0 Å². The summed E-state index contributed by atoms with van der Waals surface area (Å²) in [5, 5.41) is 2.82. The Morgan fingerprint density at radius 2 is 1.70 bits per heavy atom. The maximum Gasteiger partial charge on any atom is 0.262 e. The monoisotopic (exact) mass is 366 g/mol. The summed E-state index contributed by atoms with van der Waals surface area (Å²) in [7, 11) is 0. The standard InChI is InChI=1S/C22H26N2O3/c1-2-17-10-12-18(13-11-17)23-21(25)16-27-20-9-5-4-8-19(20)22(26)24-14-6-3-7-15-24/h4-5,8-13H,2-3,6-7,14-16H2,1H3,(H,23,25). The first-order valence-corrected chi connectivity index (χ1v) is 9.57. The summed E-state index contributed by atoms with van der Waals surface area (Å²) in [4.78, 5) is 26.8. The van der Waals surface area contributed by atoms with Crippen molar-refractivity contribution in [3.05, 3.63) is 59.7 Å². The van der Waals surface area contributed by atoms with Gasteiger partial charge in [0.25, 0.3) is 11.8 Å². The van der Waals surface area contributed by atoms with Crippen molar-refractivity contribution in [2.24, 2.45) is 0 Å². The molecule has 0 bridgehead atoms. The Morgan fingerprint density at radius 1 is 1.00 bits per heavy atom. The van der Waals surface area contributed by atoms with E-state index in [1.807, 2.05) is 41.3 Å². The molecule has 0 radical (unpaired) electrons. The van der Waals surface area contributed by atoms with Crippen molar-refractivity contribution in [2.45, 2.75) is 32.6 Å². The van der Waals surface area contributed by atoms with E-state index in [9.17, 15) is 9.59 Å². The molecule has 27 heavy (non-hydrogen) atoms. The van der Waals surface area contributed by atoms with Crippen molar-refractivity contribution in [1.82, 2.24) is 4.90 Å². The Labute approximate surface area is 160 Å². The number of nitrogens with zero attached hydrogens (tertiary/aromatic N) is 1. The van der Waals surface area contributed by atoms with Gasteiger partial charge in [-0.15, -0.1) is 0 Å². The molecule has 0 saturated carbocycles. The minimum atomic E-state index is -0.250. The molecule has 5 heteroatoms. The van der Waals surface area contributed by atoms with E-state index >= 15 is 0 Å². The van der Waals surface area contributed by atoms with Gasteiger partial charge in [-0.1, -0.05) is 31.2 Å². The van der Waals surface area contributed by atoms with Crippen molar-refractivity contribution >= 4 is 17.5 Å². The van der Waals surface area contributed by atoms with Gasteiger partial charge in [0.05, 0.1) is 5.56 Å². The van der Waals surface area contributed by atoms with Gasteiger partial charge in [-0.25, -0.2) is 0 Å². The lowest BCUT2D eigenvalue weighted by Crippen LogP contribution is -2.35. The average Bonchev–Trinajstić information content (AvgIpc) is 2.73. The first-order valence-electron chi connectivity index (χ1n) is 9.57. The summed E-state index contributed by atoms with van der Waals surface area (Å²) in [5.41, 5.74) is 2.47. The van der Waals surface area contributed by atoms with Gasteiger partial charge in [0.15, 0.2) is 6.61 Å². The number of ether oxygens (including phenoxy) is 1. The maximum absolute atomic E-state index is 12.8. The number of rotatable bonds is 6. The van der Waals surface area contributed by atoms with Crippen LogP contribution in [0.3, 0.4) is 0 Å². The van der Waals surface area contributed by atoms with Gasteiger partial charge in [-0.05, 0) is 55.5 Å². The molecular formula is C22H26N2O3. The highest BCUT2D eigenvalue weighted by Gasteiger charge is 2.21. The SMILES string of the molecule is CCc1ccc(NC(=O)COc2ccccc2C(=O)N2CCCCC2)cc1. The van der Waals surface area contributed by atoms with Gasteiger partial charge in [0.2, 0.25) is 0 Å². The maximum atomic E-state index is 12.8. The summed E-state index contributed by atoms with van der Waals surface area (Å²) in [5.74, 6) is 0.171. The fourth-order valence-electron chi connectivity index (χ4n) is 3.20.